The Balaban J connectivity index is 2.73. The van der Waals surface area contributed by atoms with Gasteiger partial charge >= 0.3 is 0 Å². The van der Waals surface area contributed by atoms with Crippen LogP contribution in [0.2, 0.25) is 0 Å². The molecular formula is C17H30N2O. The minimum absolute atomic E-state index is 0.428. The predicted molar refractivity (Wildman–Crippen MR) is 86.1 cm³/mol. The standard InChI is InChI=1S/C17H30N2O/c1-5-16(14-20-4)18-13-17(19(6-2)7-3)15-11-9-8-10-12-15/h8-12,16-18H,5-7,13-14H2,1-4H3. The van der Waals surface area contributed by atoms with Crippen LogP contribution in [-0.4, -0.2) is 44.3 Å². The molecule has 1 N–H and O–H groups in total. The minimum Gasteiger partial charge on any atom is -0.383 e. The molecule has 0 aliphatic rings. The molecule has 3 nitrogen and oxygen atoms in total. The number of ether oxygens (including phenoxy) is 1. The summed E-state index contributed by atoms with van der Waals surface area (Å²) >= 11 is 0. The van der Waals surface area contributed by atoms with Crippen molar-refractivity contribution in [3.63, 3.8) is 0 Å². The average Bonchev–Trinajstić information content (AvgIpc) is 2.51. The molecule has 3 heteroatoms. The Hall–Kier alpha value is -0.900. The van der Waals surface area contributed by atoms with Crippen molar-refractivity contribution in [2.45, 2.75) is 39.3 Å². The van der Waals surface area contributed by atoms with Gasteiger partial charge in [0.25, 0.3) is 0 Å². The van der Waals surface area contributed by atoms with Gasteiger partial charge in [-0.2, -0.15) is 0 Å². The summed E-state index contributed by atoms with van der Waals surface area (Å²) in [5.41, 5.74) is 1.39. The number of hydrogen-bond donors (Lipinski definition) is 1. The van der Waals surface area contributed by atoms with Crippen molar-refractivity contribution in [2.75, 3.05) is 33.4 Å². The van der Waals surface area contributed by atoms with E-state index in [1.54, 1.807) is 7.11 Å². The number of nitrogens with zero attached hydrogens (tertiary/aromatic N) is 1. The van der Waals surface area contributed by atoms with E-state index in [-0.39, 0.29) is 0 Å². The number of hydrogen-bond acceptors (Lipinski definition) is 3. The van der Waals surface area contributed by atoms with Gasteiger partial charge in [-0.05, 0) is 25.1 Å². The maximum atomic E-state index is 5.27. The molecule has 0 heterocycles. The Bertz CT molecular complexity index is 338. The highest BCUT2D eigenvalue weighted by molar-refractivity contribution is 5.19. The second kappa shape index (κ2) is 9.92. The molecule has 20 heavy (non-hydrogen) atoms. The number of likely N-dealkylation sites (N-methyl/N-ethyl adjacent to an activating group) is 1. The molecule has 2 atom stereocenters. The van der Waals surface area contributed by atoms with Crippen LogP contribution in [0.4, 0.5) is 0 Å². The molecule has 0 aliphatic carbocycles. The van der Waals surface area contributed by atoms with Crippen molar-refractivity contribution in [1.82, 2.24) is 10.2 Å². The van der Waals surface area contributed by atoms with Gasteiger partial charge in [-0.15, -0.1) is 0 Å². The summed E-state index contributed by atoms with van der Waals surface area (Å²) in [6.45, 7) is 10.5. The Morgan fingerprint density at radius 1 is 1.10 bits per heavy atom. The van der Waals surface area contributed by atoms with Gasteiger partial charge in [-0.25, -0.2) is 0 Å². The van der Waals surface area contributed by atoms with Crippen molar-refractivity contribution >= 4 is 0 Å². The predicted octanol–water partition coefficient (Wildman–Crippen LogP) is 3.08. The molecule has 0 saturated carbocycles. The van der Waals surface area contributed by atoms with E-state index in [4.69, 9.17) is 4.74 Å². The van der Waals surface area contributed by atoms with Crippen LogP contribution in [0.1, 0.15) is 38.8 Å². The molecule has 1 rings (SSSR count). The zero-order valence-corrected chi connectivity index (χ0v) is 13.4. The summed E-state index contributed by atoms with van der Waals surface area (Å²) in [6.07, 6.45) is 1.09. The molecule has 0 aromatic heterocycles. The summed E-state index contributed by atoms with van der Waals surface area (Å²) in [5, 5.41) is 3.65. The molecule has 0 aliphatic heterocycles. The van der Waals surface area contributed by atoms with Crippen molar-refractivity contribution in [2.24, 2.45) is 0 Å². The lowest BCUT2D eigenvalue weighted by molar-refractivity contribution is 0.151. The van der Waals surface area contributed by atoms with E-state index in [0.29, 0.717) is 12.1 Å². The molecular weight excluding hydrogens is 248 g/mol. The Labute approximate surface area is 124 Å². The highest BCUT2D eigenvalue weighted by Gasteiger charge is 2.18. The Kier molecular flexibility index (Phi) is 8.51. The number of nitrogens with one attached hydrogen (secondary N) is 1. The van der Waals surface area contributed by atoms with Gasteiger partial charge in [-0.1, -0.05) is 51.1 Å². The lowest BCUT2D eigenvalue weighted by Crippen LogP contribution is -2.41. The molecule has 0 saturated heterocycles. The molecule has 0 amide bonds. The Morgan fingerprint density at radius 3 is 2.25 bits per heavy atom. The van der Waals surface area contributed by atoms with Crippen LogP contribution in [0.25, 0.3) is 0 Å². The van der Waals surface area contributed by atoms with Gasteiger partial charge in [0.05, 0.1) is 6.61 Å². The second-order valence-electron chi connectivity index (χ2n) is 5.12. The smallest absolute Gasteiger partial charge is 0.0615 e. The van der Waals surface area contributed by atoms with Crippen LogP contribution in [-0.2, 0) is 4.74 Å². The SMILES string of the molecule is CCC(COC)NCC(c1ccccc1)N(CC)CC. The number of benzene rings is 1. The largest absolute Gasteiger partial charge is 0.383 e. The van der Waals surface area contributed by atoms with E-state index in [2.05, 4.69) is 61.3 Å². The van der Waals surface area contributed by atoms with Crippen LogP contribution in [0, 0.1) is 0 Å². The van der Waals surface area contributed by atoms with Gasteiger partial charge in [0.2, 0.25) is 0 Å². The summed E-state index contributed by atoms with van der Waals surface area (Å²) < 4.78 is 5.27. The third kappa shape index (κ3) is 5.23. The molecule has 1 aromatic rings. The third-order valence-electron chi connectivity index (χ3n) is 3.90. The van der Waals surface area contributed by atoms with E-state index >= 15 is 0 Å². The van der Waals surface area contributed by atoms with E-state index in [0.717, 1.165) is 32.7 Å². The van der Waals surface area contributed by atoms with Crippen LogP contribution < -0.4 is 5.32 Å². The zero-order valence-electron chi connectivity index (χ0n) is 13.4. The monoisotopic (exact) mass is 278 g/mol. The van der Waals surface area contributed by atoms with Crippen molar-refractivity contribution in [1.29, 1.82) is 0 Å². The fourth-order valence-corrected chi connectivity index (χ4v) is 2.60. The van der Waals surface area contributed by atoms with Crippen molar-refractivity contribution < 1.29 is 4.74 Å². The third-order valence-corrected chi connectivity index (χ3v) is 3.90. The molecule has 0 fully saturated rings. The minimum atomic E-state index is 0.428. The first-order chi connectivity index (χ1) is 9.76. The van der Waals surface area contributed by atoms with Crippen LogP contribution >= 0.6 is 0 Å². The summed E-state index contributed by atoms with van der Waals surface area (Å²) in [4.78, 5) is 2.50. The lowest BCUT2D eigenvalue weighted by atomic mass is 10.0. The van der Waals surface area contributed by atoms with Gasteiger partial charge < -0.3 is 10.1 Å². The molecule has 0 spiro atoms. The van der Waals surface area contributed by atoms with E-state index in [1.165, 1.54) is 5.56 Å². The lowest BCUT2D eigenvalue weighted by Gasteiger charge is -2.31. The highest BCUT2D eigenvalue weighted by atomic mass is 16.5. The van der Waals surface area contributed by atoms with E-state index in [1.807, 2.05) is 0 Å². The second-order valence-corrected chi connectivity index (χ2v) is 5.12. The van der Waals surface area contributed by atoms with Crippen LogP contribution in [0.15, 0.2) is 30.3 Å². The van der Waals surface area contributed by atoms with Crippen LogP contribution in [0.3, 0.4) is 0 Å². The maximum Gasteiger partial charge on any atom is 0.0615 e. The number of methoxy groups -OCH3 is 1. The highest BCUT2D eigenvalue weighted by Crippen LogP contribution is 2.19. The van der Waals surface area contributed by atoms with Crippen LogP contribution in [0.5, 0.6) is 0 Å². The molecule has 2 unspecified atom stereocenters. The average molecular weight is 278 g/mol. The normalized spacial score (nSPS) is 14.4. The summed E-state index contributed by atoms with van der Waals surface area (Å²) in [5.74, 6) is 0. The first-order valence-electron chi connectivity index (χ1n) is 7.78. The fraction of sp³-hybridized carbons (Fsp3) is 0.647. The fourth-order valence-electron chi connectivity index (χ4n) is 2.60. The molecule has 0 radical (unpaired) electrons. The first kappa shape index (κ1) is 17.2. The maximum absolute atomic E-state index is 5.27. The quantitative estimate of drug-likeness (QED) is 0.712. The van der Waals surface area contributed by atoms with Crippen molar-refractivity contribution in [3.05, 3.63) is 35.9 Å². The van der Waals surface area contributed by atoms with Gasteiger partial charge in [0.1, 0.15) is 0 Å². The topological polar surface area (TPSA) is 24.5 Å². The first-order valence-corrected chi connectivity index (χ1v) is 7.78. The van der Waals surface area contributed by atoms with E-state index in [9.17, 15) is 0 Å². The van der Waals surface area contributed by atoms with E-state index < -0.39 is 0 Å². The van der Waals surface area contributed by atoms with Gasteiger partial charge in [0.15, 0.2) is 0 Å². The molecule has 0 bridgehead atoms. The number of rotatable bonds is 10. The molecule has 114 valence electrons. The summed E-state index contributed by atoms with van der Waals surface area (Å²) in [7, 11) is 1.77. The summed E-state index contributed by atoms with van der Waals surface area (Å²) in [6, 6.07) is 11.6. The van der Waals surface area contributed by atoms with Gasteiger partial charge in [-0.3, -0.25) is 4.90 Å². The molecule has 1 aromatic carbocycles. The Morgan fingerprint density at radius 2 is 1.75 bits per heavy atom. The van der Waals surface area contributed by atoms with Crippen molar-refractivity contribution in [3.8, 4) is 0 Å². The van der Waals surface area contributed by atoms with Gasteiger partial charge in [0, 0.05) is 25.7 Å². The zero-order chi connectivity index (χ0) is 14.8.